The Morgan fingerprint density at radius 2 is 2.25 bits per heavy atom. The standard InChI is InChI=1S/C18H21N3O2S/c1-13-6-7-16(19-10-13)20-17(22)12-21-8-2-4-14(11-21)18(23)15-5-3-9-24-15/h3,5-7,9-10,14H,2,4,8,11-12H2,1H3,(H,19,20,22). The van der Waals surface area contributed by atoms with E-state index in [0.29, 0.717) is 18.9 Å². The number of hydrogen-bond acceptors (Lipinski definition) is 5. The molecule has 1 aliphatic rings. The van der Waals surface area contributed by atoms with Crippen molar-refractivity contribution in [3.8, 4) is 0 Å². The summed E-state index contributed by atoms with van der Waals surface area (Å²) in [5.74, 6) is 0.669. The van der Waals surface area contributed by atoms with E-state index in [1.54, 1.807) is 12.3 Å². The number of thiophene rings is 1. The number of amides is 1. The number of likely N-dealkylation sites (tertiary alicyclic amines) is 1. The van der Waals surface area contributed by atoms with Crippen LogP contribution in [0.1, 0.15) is 28.1 Å². The molecule has 5 nitrogen and oxygen atoms in total. The first kappa shape index (κ1) is 16.8. The molecule has 24 heavy (non-hydrogen) atoms. The third-order valence-electron chi connectivity index (χ3n) is 4.19. The maximum Gasteiger partial charge on any atom is 0.239 e. The minimum absolute atomic E-state index is 0.0114. The van der Waals surface area contributed by atoms with Gasteiger partial charge in [0.05, 0.1) is 11.4 Å². The van der Waals surface area contributed by atoms with E-state index in [4.69, 9.17) is 0 Å². The molecule has 6 heteroatoms. The zero-order valence-electron chi connectivity index (χ0n) is 13.7. The van der Waals surface area contributed by atoms with E-state index in [2.05, 4.69) is 15.2 Å². The lowest BCUT2D eigenvalue weighted by Gasteiger charge is -2.31. The number of nitrogens with zero attached hydrogens (tertiary/aromatic N) is 2. The lowest BCUT2D eigenvalue weighted by Crippen LogP contribution is -2.42. The molecule has 1 saturated heterocycles. The summed E-state index contributed by atoms with van der Waals surface area (Å²) in [4.78, 5) is 31.7. The molecule has 1 unspecified atom stereocenters. The maximum absolute atomic E-state index is 12.5. The number of carbonyl (C=O) groups is 2. The van der Waals surface area contributed by atoms with E-state index < -0.39 is 0 Å². The molecular formula is C18H21N3O2S. The molecule has 0 spiro atoms. The van der Waals surface area contributed by atoms with Gasteiger partial charge in [-0.1, -0.05) is 12.1 Å². The summed E-state index contributed by atoms with van der Waals surface area (Å²) in [5, 5.41) is 4.74. The van der Waals surface area contributed by atoms with Crippen molar-refractivity contribution < 1.29 is 9.59 Å². The minimum atomic E-state index is -0.0874. The van der Waals surface area contributed by atoms with Crippen molar-refractivity contribution >= 4 is 28.8 Å². The molecule has 1 N–H and O–H groups in total. The molecule has 0 bridgehead atoms. The van der Waals surface area contributed by atoms with Gasteiger partial charge in [-0.15, -0.1) is 11.3 Å². The van der Waals surface area contributed by atoms with E-state index in [1.807, 2.05) is 30.5 Å². The largest absolute Gasteiger partial charge is 0.310 e. The van der Waals surface area contributed by atoms with Crippen molar-refractivity contribution in [2.24, 2.45) is 5.92 Å². The minimum Gasteiger partial charge on any atom is -0.310 e. The van der Waals surface area contributed by atoms with E-state index >= 15 is 0 Å². The summed E-state index contributed by atoms with van der Waals surface area (Å²) in [6, 6.07) is 7.49. The first-order valence-electron chi connectivity index (χ1n) is 8.14. The molecule has 2 aromatic heterocycles. The fourth-order valence-electron chi connectivity index (χ4n) is 2.96. The van der Waals surface area contributed by atoms with Gasteiger partial charge in [0.15, 0.2) is 5.78 Å². The summed E-state index contributed by atoms with van der Waals surface area (Å²) >= 11 is 1.49. The average molecular weight is 343 g/mol. The van der Waals surface area contributed by atoms with E-state index in [1.165, 1.54) is 11.3 Å². The van der Waals surface area contributed by atoms with Crippen LogP contribution in [0.3, 0.4) is 0 Å². The predicted molar refractivity (Wildman–Crippen MR) is 95.4 cm³/mol. The smallest absolute Gasteiger partial charge is 0.239 e. The van der Waals surface area contributed by atoms with Gasteiger partial charge in [-0.25, -0.2) is 4.98 Å². The molecule has 1 fully saturated rings. The quantitative estimate of drug-likeness (QED) is 0.848. The molecule has 0 saturated carbocycles. The van der Waals surface area contributed by atoms with Gasteiger partial charge in [0.2, 0.25) is 5.91 Å². The summed E-state index contributed by atoms with van der Waals surface area (Å²) in [7, 11) is 0. The predicted octanol–water partition coefficient (Wildman–Crippen LogP) is 2.98. The number of pyridine rings is 1. The van der Waals surface area contributed by atoms with Gasteiger partial charge < -0.3 is 5.32 Å². The lowest BCUT2D eigenvalue weighted by molar-refractivity contribution is -0.117. The highest BCUT2D eigenvalue weighted by atomic mass is 32.1. The lowest BCUT2D eigenvalue weighted by atomic mass is 9.93. The Labute approximate surface area is 145 Å². The van der Waals surface area contributed by atoms with Gasteiger partial charge in [0.1, 0.15) is 5.82 Å². The van der Waals surface area contributed by atoms with Crippen LogP contribution >= 0.6 is 11.3 Å². The normalized spacial score (nSPS) is 18.3. The zero-order valence-corrected chi connectivity index (χ0v) is 14.5. The molecule has 0 aromatic carbocycles. The number of hydrogen-bond donors (Lipinski definition) is 1. The SMILES string of the molecule is Cc1ccc(NC(=O)CN2CCCC(C(=O)c3cccs3)C2)nc1. The molecule has 1 atom stereocenters. The maximum atomic E-state index is 12.5. The molecule has 3 heterocycles. The Balaban J connectivity index is 1.54. The number of carbonyl (C=O) groups excluding carboxylic acids is 2. The number of nitrogens with one attached hydrogen (secondary N) is 1. The van der Waals surface area contributed by atoms with Crippen molar-refractivity contribution in [2.75, 3.05) is 25.0 Å². The number of aryl methyl sites for hydroxylation is 1. The molecule has 2 aromatic rings. The summed E-state index contributed by atoms with van der Waals surface area (Å²) < 4.78 is 0. The third kappa shape index (κ3) is 4.27. The van der Waals surface area contributed by atoms with Gasteiger partial charge >= 0.3 is 0 Å². The summed E-state index contributed by atoms with van der Waals surface area (Å²) in [5.41, 5.74) is 1.05. The van der Waals surface area contributed by atoms with Crippen molar-refractivity contribution in [3.05, 3.63) is 46.3 Å². The number of aromatic nitrogens is 1. The highest BCUT2D eigenvalue weighted by molar-refractivity contribution is 7.12. The third-order valence-corrected chi connectivity index (χ3v) is 5.07. The second kappa shape index (κ2) is 7.68. The first-order valence-corrected chi connectivity index (χ1v) is 9.02. The van der Waals surface area contributed by atoms with Crippen LogP contribution in [0.15, 0.2) is 35.8 Å². The van der Waals surface area contributed by atoms with E-state index in [-0.39, 0.29) is 17.6 Å². The Bertz CT molecular complexity index is 698. The average Bonchev–Trinajstić information content (AvgIpc) is 3.11. The highest BCUT2D eigenvalue weighted by Crippen LogP contribution is 2.23. The topological polar surface area (TPSA) is 62.3 Å². The van der Waals surface area contributed by atoms with Gasteiger partial charge in [0.25, 0.3) is 0 Å². The number of rotatable bonds is 5. The van der Waals surface area contributed by atoms with Crippen molar-refractivity contribution in [2.45, 2.75) is 19.8 Å². The molecule has 0 radical (unpaired) electrons. The van der Waals surface area contributed by atoms with Crippen LogP contribution in [0.5, 0.6) is 0 Å². The van der Waals surface area contributed by atoms with Crippen LogP contribution in [-0.2, 0) is 4.79 Å². The molecule has 1 amide bonds. The van der Waals surface area contributed by atoms with Crippen molar-refractivity contribution in [1.82, 2.24) is 9.88 Å². The van der Waals surface area contributed by atoms with Crippen LogP contribution in [-0.4, -0.2) is 41.2 Å². The Morgan fingerprint density at radius 1 is 1.38 bits per heavy atom. The van der Waals surface area contributed by atoms with Crippen LogP contribution in [0.4, 0.5) is 5.82 Å². The molecule has 1 aliphatic heterocycles. The fourth-order valence-corrected chi connectivity index (χ4v) is 3.70. The van der Waals surface area contributed by atoms with Gasteiger partial charge in [0, 0.05) is 18.7 Å². The zero-order chi connectivity index (χ0) is 16.9. The van der Waals surface area contributed by atoms with Crippen molar-refractivity contribution in [3.63, 3.8) is 0 Å². The summed E-state index contributed by atoms with van der Waals surface area (Å²) in [6.07, 6.45) is 3.57. The number of anilines is 1. The molecule has 3 rings (SSSR count). The van der Waals surface area contributed by atoms with E-state index in [9.17, 15) is 9.59 Å². The first-order chi connectivity index (χ1) is 11.6. The van der Waals surface area contributed by atoms with Gasteiger partial charge in [-0.3, -0.25) is 14.5 Å². The van der Waals surface area contributed by atoms with Gasteiger partial charge in [-0.05, 0) is 49.4 Å². The monoisotopic (exact) mass is 343 g/mol. The molecule has 126 valence electrons. The van der Waals surface area contributed by atoms with Crippen LogP contribution in [0, 0.1) is 12.8 Å². The van der Waals surface area contributed by atoms with Crippen molar-refractivity contribution in [1.29, 1.82) is 0 Å². The Hall–Kier alpha value is -2.05. The van der Waals surface area contributed by atoms with Crippen LogP contribution in [0.2, 0.25) is 0 Å². The Kier molecular flexibility index (Phi) is 5.37. The van der Waals surface area contributed by atoms with Gasteiger partial charge in [-0.2, -0.15) is 0 Å². The molecule has 0 aliphatic carbocycles. The number of Topliss-reactive ketones (excluding diaryl/α,β-unsaturated/α-hetero) is 1. The molecular weight excluding hydrogens is 322 g/mol. The Morgan fingerprint density at radius 3 is 2.96 bits per heavy atom. The summed E-state index contributed by atoms with van der Waals surface area (Å²) in [6.45, 7) is 3.75. The number of ketones is 1. The second-order valence-electron chi connectivity index (χ2n) is 6.18. The number of piperidine rings is 1. The second-order valence-corrected chi connectivity index (χ2v) is 7.13. The highest BCUT2D eigenvalue weighted by Gasteiger charge is 2.28. The van der Waals surface area contributed by atoms with Crippen LogP contribution < -0.4 is 5.32 Å². The van der Waals surface area contributed by atoms with Crippen LogP contribution in [0.25, 0.3) is 0 Å². The van der Waals surface area contributed by atoms with E-state index in [0.717, 1.165) is 29.8 Å². The fraction of sp³-hybridized carbons (Fsp3) is 0.389.